The number of benzene rings is 3. The molecule has 2 aliphatic rings. The van der Waals surface area contributed by atoms with Crippen molar-refractivity contribution in [3.05, 3.63) is 95.1 Å². The van der Waals surface area contributed by atoms with Crippen LogP contribution in [0.15, 0.2) is 72.8 Å². The Bertz CT molecular complexity index is 1450. The second-order valence-electron chi connectivity index (χ2n) is 12.5. The molecule has 3 aromatic rings. The van der Waals surface area contributed by atoms with Crippen LogP contribution in [-0.4, -0.2) is 60.3 Å². The first-order valence-electron chi connectivity index (χ1n) is 14.7. The maximum atomic E-state index is 12.8. The Morgan fingerprint density at radius 3 is 1.98 bits per heavy atom. The molecular formula is C34H38ClF3N2O5. The van der Waals surface area contributed by atoms with E-state index >= 15 is 0 Å². The van der Waals surface area contributed by atoms with Gasteiger partial charge in [-0.2, -0.15) is 13.2 Å². The average Bonchev–Trinajstić information content (AvgIpc) is 3.42. The second kappa shape index (κ2) is 13.7. The number of nitrogens with zero attached hydrogens (tertiary/aromatic N) is 1. The van der Waals surface area contributed by atoms with E-state index in [1.807, 2.05) is 36.4 Å². The van der Waals surface area contributed by atoms with Gasteiger partial charge in [0, 0.05) is 37.7 Å². The molecule has 1 saturated heterocycles. The molecule has 11 heteroatoms. The van der Waals surface area contributed by atoms with Gasteiger partial charge in [-0.1, -0.05) is 45.0 Å². The van der Waals surface area contributed by atoms with Gasteiger partial charge in [-0.3, -0.25) is 4.79 Å². The number of carbonyl (C=O) groups is 2. The number of hydrogen-bond donors (Lipinski definition) is 2. The smallest absolute Gasteiger partial charge is 0.416 e. The van der Waals surface area contributed by atoms with Crippen LogP contribution in [0.4, 0.5) is 13.2 Å². The molecule has 1 amide bonds. The standard InChI is InChI=1S/C34H37F3N2O5.ClH/c1-33(2,3)23-10-14-26(15-11-23)44-29(32(41)42)18-21-4-12-25(13-5-21)43-17-16-38-30-27-19-39(20-28(27)30)31(40)22-6-8-24(9-7-22)34(35,36)37;/h4-15,27-30,38H,16-20H2,1-3H3,(H,41,42);1H/t27-,28?,29-,30?;/m0./s1. The Labute approximate surface area is 267 Å². The lowest BCUT2D eigenvalue weighted by Crippen LogP contribution is -2.36. The van der Waals surface area contributed by atoms with Gasteiger partial charge in [-0.25, -0.2) is 4.79 Å². The van der Waals surface area contributed by atoms with Crippen molar-refractivity contribution >= 4 is 24.3 Å². The summed E-state index contributed by atoms with van der Waals surface area (Å²) in [6, 6.07) is 19.4. The van der Waals surface area contributed by atoms with E-state index < -0.39 is 23.8 Å². The van der Waals surface area contributed by atoms with Crippen molar-refractivity contribution < 1.29 is 37.3 Å². The summed E-state index contributed by atoms with van der Waals surface area (Å²) in [7, 11) is 0. The maximum Gasteiger partial charge on any atom is 0.416 e. The SMILES string of the molecule is CC(C)(C)c1ccc(O[C@@H](Cc2ccc(OCCNC3C4CN(C(=O)c5ccc(C(F)(F)F)cc5)C[C@@H]43)cc2)C(=O)O)cc1.Cl. The second-order valence-corrected chi connectivity index (χ2v) is 12.5. The molecule has 2 unspecified atom stereocenters. The summed E-state index contributed by atoms with van der Waals surface area (Å²) in [6.45, 7) is 8.55. The van der Waals surface area contributed by atoms with Gasteiger partial charge in [0.25, 0.3) is 5.91 Å². The van der Waals surface area contributed by atoms with E-state index in [9.17, 15) is 27.9 Å². The van der Waals surface area contributed by atoms with Gasteiger partial charge in [0.2, 0.25) is 0 Å². The monoisotopic (exact) mass is 646 g/mol. The van der Waals surface area contributed by atoms with Gasteiger partial charge in [0.1, 0.15) is 18.1 Å². The number of nitrogens with one attached hydrogen (secondary N) is 1. The third kappa shape index (κ3) is 8.49. The van der Waals surface area contributed by atoms with Crippen LogP contribution in [0.2, 0.25) is 0 Å². The van der Waals surface area contributed by atoms with E-state index in [1.54, 1.807) is 17.0 Å². The fourth-order valence-electron chi connectivity index (χ4n) is 5.69. The zero-order valence-corrected chi connectivity index (χ0v) is 26.2. The van der Waals surface area contributed by atoms with Crippen LogP contribution in [0.1, 0.15) is 47.8 Å². The van der Waals surface area contributed by atoms with Gasteiger partial charge in [0.05, 0.1) is 5.56 Å². The van der Waals surface area contributed by atoms with E-state index in [2.05, 4.69) is 26.1 Å². The summed E-state index contributed by atoms with van der Waals surface area (Å²) in [5, 5.41) is 13.2. The molecule has 5 rings (SSSR count). The lowest BCUT2D eigenvalue weighted by Gasteiger charge is -2.21. The van der Waals surface area contributed by atoms with Crippen LogP contribution in [0.5, 0.6) is 11.5 Å². The van der Waals surface area contributed by atoms with Crippen molar-refractivity contribution in [1.29, 1.82) is 0 Å². The van der Waals surface area contributed by atoms with Crippen LogP contribution < -0.4 is 14.8 Å². The quantitative estimate of drug-likeness (QED) is 0.240. The molecule has 45 heavy (non-hydrogen) atoms. The number of likely N-dealkylation sites (tertiary alicyclic amines) is 1. The number of rotatable bonds is 11. The fraction of sp³-hybridized carbons (Fsp3) is 0.412. The highest BCUT2D eigenvalue weighted by molar-refractivity contribution is 5.94. The molecule has 1 heterocycles. The first kappa shape index (κ1) is 34.1. The lowest BCUT2D eigenvalue weighted by atomic mass is 9.87. The minimum absolute atomic E-state index is 0. The third-order valence-corrected chi connectivity index (χ3v) is 8.31. The highest BCUT2D eigenvalue weighted by Crippen LogP contribution is 2.45. The molecule has 7 nitrogen and oxygen atoms in total. The number of carbonyl (C=O) groups excluding carboxylic acids is 1. The van der Waals surface area contributed by atoms with Gasteiger partial charge in [-0.15, -0.1) is 12.4 Å². The lowest BCUT2D eigenvalue weighted by molar-refractivity contribution is -0.145. The Hall–Kier alpha value is -3.76. The van der Waals surface area contributed by atoms with E-state index in [4.69, 9.17) is 9.47 Å². The van der Waals surface area contributed by atoms with Crippen LogP contribution in [-0.2, 0) is 22.8 Å². The highest BCUT2D eigenvalue weighted by atomic mass is 35.5. The summed E-state index contributed by atoms with van der Waals surface area (Å²) < 4.78 is 50.0. The Kier molecular flexibility index (Phi) is 10.4. The normalized spacial score (nSPS) is 19.7. The number of halogens is 4. The first-order valence-corrected chi connectivity index (χ1v) is 14.7. The van der Waals surface area contributed by atoms with Gasteiger partial charge >= 0.3 is 12.1 Å². The molecule has 0 bridgehead atoms. The summed E-state index contributed by atoms with van der Waals surface area (Å²) in [4.78, 5) is 26.3. The molecule has 3 aromatic carbocycles. The molecular weight excluding hydrogens is 609 g/mol. The van der Waals surface area contributed by atoms with Crippen LogP contribution in [0.3, 0.4) is 0 Å². The topological polar surface area (TPSA) is 88.1 Å². The van der Waals surface area contributed by atoms with Crippen molar-refractivity contribution in [2.24, 2.45) is 11.8 Å². The minimum Gasteiger partial charge on any atom is -0.492 e. The predicted octanol–water partition coefficient (Wildman–Crippen LogP) is 6.24. The van der Waals surface area contributed by atoms with Crippen LogP contribution in [0, 0.1) is 11.8 Å². The van der Waals surface area contributed by atoms with Crippen molar-refractivity contribution in [2.75, 3.05) is 26.2 Å². The number of carboxylic acid groups (broad SMARTS) is 1. The van der Waals surface area contributed by atoms with Gasteiger partial charge < -0.3 is 24.8 Å². The number of amides is 1. The number of fused-ring (bicyclic) bond motifs is 1. The Morgan fingerprint density at radius 1 is 0.889 bits per heavy atom. The zero-order valence-electron chi connectivity index (χ0n) is 25.3. The van der Waals surface area contributed by atoms with Crippen molar-refractivity contribution in [3.8, 4) is 11.5 Å². The molecule has 2 N–H and O–H groups in total. The van der Waals surface area contributed by atoms with Gasteiger partial charge in [-0.05, 0) is 76.9 Å². The van der Waals surface area contributed by atoms with Crippen molar-refractivity contribution in [2.45, 2.75) is 50.9 Å². The molecule has 2 fully saturated rings. The van der Waals surface area contributed by atoms with E-state index in [0.29, 0.717) is 49.6 Å². The highest BCUT2D eigenvalue weighted by Gasteiger charge is 2.56. The average molecular weight is 647 g/mol. The first-order chi connectivity index (χ1) is 20.8. The third-order valence-electron chi connectivity index (χ3n) is 8.31. The van der Waals surface area contributed by atoms with Crippen LogP contribution >= 0.6 is 12.4 Å². The van der Waals surface area contributed by atoms with E-state index in [-0.39, 0.29) is 41.8 Å². The molecule has 0 radical (unpaired) electrons. The summed E-state index contributed by atoms with van der Waals surface area (Å²) in [5.41, 5.74) is 1.45. The number of hydrogen-bond acceptors (Lipinski definition) is 5. The van der Waals surface area contributed by atoms with E-state index in [0.717, 1.165) is 23.3 Å². The molecule has 1 aliphatic carbocycles. The number of carboxylic acids is 1. The number of ether oxygens (including phenoxy) is 2. The van der Waals surface area contributed by atoms with Gasteiger partial charge in [0.15, 0.2) is 6.10 Å². The summed E-state index contributed by atoms with van der Waals surface area (Å²) in [6.07, 6.45) is -5.24. The number of alkyl halides is 3. The van der Waals surface area contributed by atoms with Crippen molar-refractivity contribution in [3.63, 3.8) is 0 Å². The summed E-state index contributed by atoms with van der Waals surface area (Å²) >= 11 is 0. The Morgan fingerprint density at radius 2 is 1.44 bits per heavy atom. The Balaban J connectivity index is 0.00000461. The minimum atomic E-state index is -4.43. The molecule has 1 aliphatic heterocycles. The van der Waals surface area contributed by atoms with Crippen LogP contribution in [0.25, 0.3) is 0 Å². The predicted molar refractivity (Wildman–Crippen MR) is 166 cm³/mol. The molecule has 1 saturated carbocycles. The number of piperidine rings is 1. The zero-order chi connectivity index (χ0) is 31.6. The maximum absolute atomic E-state index is 12.8. The number of aliphatic carboxylic acids is 1. The molecule has 4 atom stereocenters. The van der Waals surface area contributed by atoms with E-state index in [1.165, 1.54) is 12.1 Å². The largest absolute Gasteiger partial charge is 0.492 e. The van der Waals surface area contributed by atoms with Crippen molar-refractivity contribution in [1.82, 2.24) is 10.2 Å². The molecule has 0 aromatic heterocycles. The fourth-order valence-corrected chi connectivity index (χ4v) is 5.69. The molecule has 0 spiro atoms. The molecule has 242 valence electrons. The summed E-state index contributed by atoms with van der Waals surface area (Å²) in [5.74, 6) is 0.559.